The molecule has 0 rings (SSSR count). The molecule has 3 nitrogen and oxygen atoms in total. The molecule has 0 saturated carbocycles. The average Bonchev–Trinajstić information content (AvgIpc) is 2.07. The first kappa shape index (κ1) is 14.7. The third kappa shape index (κ3) is 13.7. The molecule has 15 heavy (non-hydrogen) atoms. The van der Waals surface area contributed by atoms with E-state index in [2.05, 4.69) is 15.0 Å². The van der Waals surface area contributed by atoms with Crippen LogP contribution in [0.1, 0.15) is 6.42 Å². The van der Waals surface area contributed by atoms with E-state index in [1.807, 2.05) is 14.1 Å². The van der Waals surface area contributed by atoms with Crippen LogP contribution in [0, 0.1) is 0 Å². The lowest BCUT2D eigenvalue weighted by Crippen LogP contribution is -2.26. The summed E-state index contributed by atoms with van der Waals surface area (Å²) in [6.07, 6.45) is -3.24. The number of alkyl halides is 3. The molecule has 0 aromatic heterocycles. The molecule has 0 aliphatic rings. The molecule has 0 saturated heterocycles. The van der Waals surface area contributed by atoms with E-state index in [9.17, 15) is 13.2 Å². The van der Waals surface area contributed by atoms with E-state index in [4.69, 9.17) is 0 Å². The molecule has 0 bridgehead atoms. The second-order valence-electron chi connectivity index (χ2n) is 3.57. The molecular formula is C9H19F3N2O. The maximum Gasteiger partial charge on any atom is 0.411 e. The van der Waals surface area contributed by atoms with Gasteiger partial charge in [0.25, 0.3) is 0 Å². The Hall–Kier alpha value is -0.330. The van der Waals surface area contributed by atoms with Crippen molar-refractivity contribution in [3.8, 4) is 0 Å². The standard InChI is InChI=1S/C9H19F3N2O/c1-14(2)6-3-4-13-5-7-15-8-9(10,11)12/h13H,3-8H2,1-2H3. The summed E-state index contributed by atoms with van der Waals surface area (Å²) >= 11 is 0. The Kier molecular flexibility index (Phi) is 7.72. The lowest BCUT2D eigenvalue weighted by molar-refractivity contribution is -0.173. The summed E-state index contributed by atoms with van der Waals surface area (Å²) in [5.74, 6) is 0. The number of nitrogens with one attached hydrogen (secondary N) is 1. The Balaban J connectivity index is 3.06. The van der Waals surface area contributed by atoms with Crippen molar-refractivity contribution in [1.29, 1.82) is 0 Å². The number of hydrogen-bond donors (Lipinski definition) is 1. The molecule has 0 unspecified atom stereocenters. The minimum Gasteiger partial charge on any atom is -0.371 e. The quantitative estimate of drug-likeness (QED) is 0.630. The average molecular weight is 228 g/mol. The smallest absolute Gasteiger partial charge is 0.371 e. The number of ether oxygens (including phenoxy) is 1. The van der Waals surface area contributed by atoms with Crippen LogP contribution in [0.25, 0.3) is 0 Å². The highest BCUT2D eigenvalue weighted by Gasteiger charge is 2.27. The van der Waals surface area contributed by atoms with Gasteiger partial charge in [-0.1, -0.05) is 0 Å². The van der Waals surface area contributed by atoms with Gasteiger partial charge in [0.05, 0.1) is 6.61 Å². The maximum absolute atomic E-state index is 11.6. The Morgan fingerprint density at radius 2 is 1.87 bits per heavy atom. The molecule has 0 spiro atoms. The van der Waals surface area contributed by atoms with Gasteiger partial charge in [-0.05, 0) is 33.6 Å². The van der Waals surface area contributed by atoms with Crippen LogP contribution in [0.15, 0.2) is 0 Å². The largest absolute Gasteiger partial charge is 0.411 e. The van der Waals surface area contributed by atoms with Crippen LogP contribution in [0.5, 0.6) is 0 Å². The van der Waals surface area contributed by atoms with Gasteiger partial charge in [-0.3, -0.25) is 0 Å². The molecule has 0 amide bonds. The third-order valence-corrected chi connectivity index (χ3v) is 1.65. The van der Waals surface area contributed by atoms with E-state index < -0.39 is 12.8 Å². The molecule has 0 heterocycles. The van der Waals surface area contributed by atoms with Crippen molar-refractivity contribution >= 4 is 0 Å². The van der Waals surface area contributed by atoms with E-state index >= 15 is 0 Å². The minimum absolute atomic E-state index is 0.0987. The van der Waals surface area contributed by atoms with Crippen molar-refractivity contribution in [2.24, 2.45) is 0 Å². The van der Waals surface area contributed by atoms with Gasteiger partial charge in [-0.15, -0.1) is 0 Å². The van der Waals surface area contributed by atoms with Crippen LogP contribution in [0.2, 0.25) is 0 Å². The molecule has 6 heteroatoms. The molecule has 0 aromatic carbocycles. The molecular weight excluding hydrogens is 209 g/mol. The minimum atomic E-state index is -4.22. The van der Waals surface area contributed by atoms with Gasteiger partial charge < -0.3 is 15.0 Å². The van der Waals surface area contributed by atoms with Crippen molar-refractivity contribution in [2.45, 2.75) is 12.6 Å². The van der Waals surface area contributed by atoms with Crippen LogP contribution in [0.3, 0.4) is 0 Å². The lowest BCUT2D eigenvalue weighted by Gasteiger charge is -2.10. The fourth-order valence-electron chi connectivity index (χ4n) is 0.978. The van der Waals surface area contributed by atoms with Crippen LogP contribution in [-0.2, 0) is 4.74 Å². The fraction of sp³-hybridized carbons (Fsp3) is 1.00. The molecule has 0 fully saturated rings. The normalized spacial score (nSPS) is 12.4. The van der Waals surface area contributed by atoms with E-state index in [0.29, 0.717) is 6.54 Å². The topological polar surface area (TPSA) is 24.5 Å². The molecule has 1 N–H and O–H groups in total. The van der Waals surface area contributed by atoms with Gasteiger partial charge in [0, 0.05) is 6.54 Å². The number of halogens is 3. The molecule has 0 atom stereocenters. The highest BCUT2D eigenvalue weighted by atomic mass is 19.4. The van der Waals surface area contributed by atoms with Crippen molar-refractivity contribution in [3.05, 3.63) is 0 Å². The summed E-state index contributed by atoms with van der Waals surface area (Å²) in [5.41, 5.74) is 0. The van der Waals surface area contributed by atoms with Crippen molar-refractivity contribution in [3.63, 3.8) is 0 Å². The fourth-order valence-corrected chi connectivity index (χ4v) is 0.978. The monoisotopic (exact) mass is 228 g/mol. The Bertz CT molecular complexity index is 151. The van der Waals surface area contributed by atoms with Crippen molar-refractivity contribution in [1.82, 2.24) is 10.2 Å². The van der Waals surface area contributed by atoms with Gasteiger partial charge in [-0.25, -0.2) is 0 Å². The third-order valence-electron chi connectivity index (χ3n) is 1.65. The van der Waals surface area contributed by atoms with E-state index in [1.165, 1.54) is 0 Å². The van der Waals surface area contributed by atoms with Crippen LogP contribution in [0.4, 0.5) is 13.2 Å². The second kappa shape index (κ2) is 7.90. The van der Waals surface area contributed by atoms with Crippen LogP contribution in [-0.4, -0.2) is 58.0 Å². The van der Waals surface area contributed by atoms with Gasteiger partial charge in [0.15, 0.2) is 0 Å². The number of nitrogens with zero attached hydrogens (tertiary/aromatic N) is 1. The van der Waals surface area contributed by atoms with E-state index in [0.717, 1.165) is 19.5 Å². The van der Waals surface area contributed by atoms with Gasteiger partial charge in [-0.2, -0.15) is 13.2 Å². The second-order valence-corrected chi connectivity index (χ2v) is 3.57. The summed E-state index contributed by atoms with van der Waals surface area (Å²) in [7, 11) is 3.96. The molecule has 0 aromatic rings. The first-order valence-electron chi connectivity index (χ1n) is 4.92. The summed E-state index contributed by atoms with van der Waals surface area (Å²) in [5, 5.41) is 3.01. The predicted octanol–water partition coefficient (Wildman–Crippen LogP) is 1.11. The van der Waals surface area contributed by atoms with E-state index in [1.54, 1.807) is 0 Å². The highest BCUT2D eigenvalue weighted by molar-refractivity contribution is 4.51. The van der Waals surface area contributed by atoms with Gasteiger partial charge in [0.1, 0.15) is 6.61 Å². The van der Waals surface area contributed by atoms with Crippen LogP contribution >= 0.6 is 0 Å². The first-order chi connectivity index (χ1) is 6.92. The SMILES string of the molecule is CN(C)CCCNCCOCC(F)(F)F. The Morgan fingerprint density at radius 1 is 1.20 bits per heavy atom. The lowest BCUT2D eigenvalue weighted by atomic mass is 10.4. The Morgan fingerprint density at radius 3 is 2.40 bits per heavy atom. The molecule has 0 radical (unpaired) electrons. The number of rotatable bonds is 8. The highest BCUT2D eigenvalue weighted by Crippen LogP contribution is 2.13. The van der Waals surface area contributed by atoms with Crippen molar-refractivity contribution < 1.29 is 17.9 Å². The van der Waals surface area contributed by atoms with E-state index in [-0.39, 0.29) is 6.61 Å². The zero-order valence-corrected chi connectivity index (χ0v) is 9.23. The zero-order chi connectivity index (χ0) is 11.7. The zero-order valence-electron chi connectivity index (χ0n) is 9.23. The Labute approximate surface area is 88.6 Å². The van der Waals surface area contributed by atoms with Gasteiger partial charge >= 0.3 is 6.18 Å². The predicted molar refractivity (Wildman–Crippen MR) is 52.9 cm³/mol. The summed E-state index contributed by atoms with van der Waals surface area (Å²) in [6, 6.07) is 0. The molecule has 0 aliphatic heterocycles. The molecule has 92 valence electrons. The maximum atomic E-state index is 11.6. The molecule has 0 aliphatic carbocycles. The summed E-state index contributed by atoms with van der Waals surface area (Å²) < 4.78 is 39.3. The van der Waals surface area contributed by atoms with Crippen LogP contribution < -0.4 is 5.32 Å². The first-order valence-corrected chi connectivity index (χ1v) is 4.92. The summed E-state index contributed by atoms with van der Waals surface area (Å²) in [6.45, 7) is 1.17. The van der Waals surface area contributed by atoms with Gasteiger partial charge in [0.2, 0.25) is 0 Å². The van der Waals surface area contributed by atoms with Crippen molar-refractivity contribution in [2.75, 3.05) is 46.9 Å². The summed E-state index contributed by atoms with van der Waals surface area (Å²) in [4.78, 5) is 2.06. The number of hydrogen-bond acceptors (Lipinski definition) is 3.